The highest BCUT2D eigenvalue weighted by atomic mass is 32.2. The lowest BCUT2D eigenvalue weighted by Gasteiger charge is -2.25. The first kappa shape index (κ1) is 20.4. The van der Waals surface area contributed by atoms with Crippen molar-refractivity contribution in [3.8, 4) is 0 Å². The van der Waals surface area contributed by atoms with E-state index in [1.165, 1.54) is 15.2 Å². The monoisotopic (exact) mass is 446 g/mol. The van der Waals surface area contributed by atoms with E-state index in [0.29, 0.717) is 18.5 Å². The second kappa shape index (κ2) is 7.57. The molecule has 1 fully saturated rings. The highest BCUT2D eigenvalue weighted by Gasteiger charge is 2.29. The zero-order valence-electron chi connectivity index (χ0n) is 17.7. The molecule has 0 amide bonds. The van der Waals surface area contributed by atoms with Gasteiger partial charge >= 0.3 is 0 Å². The quantitative estimate of drug-likeness (QED) is 0.592. The largest absolute Gasteiger partial charge is 0.357 e. The van der Waals surface area contributed by atoms with Crippen LogP contribution in [0.4, 0.5) is 0 Å². The fourth-order valence-corrected chi connectivity index (χ4v) is 5.36. The lowest BCUT2D eigenvalue weighted by Crippen LogP contribution is -2.35. The molecule has 2 aliphatic heterocycles. The van der Waals surface area contributed by atoms with Crippen molar-refractivity contribution in [2.45, 2.75) is 45.0 Å². The van der Waals surface area contributed by atoms with Crippen molar-refractivity contribution in [2.75, 3.05) is 19.4 Å². The van der Waals surface area contributed by atoms with Crippen molar-refractivity contribution >= 4 is 20.9 Å². The SMILES string of the molecule is Cn1c2c(c3cnn(Cc4ccn(C5CCCCO5)n4)c(=O)c31)CCN(S(C)(=O)=O)C2. The Labute approximate surface area is 180 Å². The van der Waals surface area contributed by atoms with E-state index in [1.807, 2.05) is 28.6 Å². The molecular formula is C20H26N6O4S. The first-order valence-corrected chi connectivity index (χ1v) is 12.3. The van der Waals surface area contributed by atoms with E-state index in [9.17, 15) is 13.2 Å². The summed E-state index contributed by atoms with van der Waals surface area (Å²) < 4.78 is 36.2. The molecule has 31 heavy (non-hydrogen) atoms. The highest BCUT2D eigenvalue weighted by Crippen LogP contribution is 2.29. The van der Waals surface area contributed by atoms with Crippen molar-refractivity contribution in [1.82, 2.24) is 28.4 Å². The van der Waals surface area contributed by atoms with Crippen LogP contribution >= 0.6 is 0 Å². The summed E-state index contributed by atoms with van der Waals surface area (Å²) in [6.07, 6.45) is 8.46. The van der Waals surface area contributed by atoms with Crippen LogP contribution in [0.1, 0.15) is 42.4 Å². The summed E-state index contributed by atoms with van der Waals surface area (Å²) in [6.45, 7) is 1.69. The van der Waals surface area contributed by atoms with Crippen molar-refractivity contribution in [3.05, 3.63) is 45.8 Å². The summed E-state index contributed by atoms with van der Waals surface area (Å²) in [6, 6.07) is 1.89. The number of aryl methyl sites for hydroxylation is 1. The van der Waals surface area contributed by atoms with Crippen LogP contribution in [0, 0.1) is 0 Å². The van der Waals surface area contributed by atoms with Gasteiger partial charge in [-0.25, -0.2) is 17.8 Å². The predicted molar refractivity (Wildman–Crippen MR) is 114 cm³/mol. The minimum atomic E-state index is -3.29. The van der Waals surface area contributed by atoms with Crippen LogP contribution in [0.2, 0.25) is 0 Å². The first-order chi connectivity index (χ1) is 14.8. The van der Waals surface area contributed by atoms with E-state index in [4.69, 9.17) is 4.74 Å². The third-order valence-electron chi connectivity index (χ3n) is 6.26. The van der Waals surface area contributed by atoms with E-state index < -0.39 is 10.0 Å². The normalized spacial score (nSPS) is 20.3. The number of nitrogens with zero attached hydrogens (tertiary/aromatic N) is 6. The molecular weight excluding hydrogens is 420 g/mol. The van der Waals surface area contributed by atoms with E-state index in [1.54, 1.807) is 6.20 Å². The second-order valence-electron chi connectivity index (χ2n) is 8.31. The van der Waals surface area contributed by atoms with Gasteiger partial charge in [-0.05, 0) is 37.3 Å². The number of hydrogen-bond acceptors (Lipinski definition) is 6. The molecule has 1 atom stereocenters. The summed E-state index contributed by atoms with van der Waals surface area (Å²) in [5.74, 6) is 0. The average Bonchev–Trinajstić information content (AvgIpc) is 3.33. The van der Waals surface area contributed by atoms with Gasteiger partial charge < -0.3 is 9.30 Å². The smallest absolute Gasteiger partial charge is 0.291 e. The summed E-state index contributed by atoms with van der Waals surface area (Å²) in [4.78, 5) is 13.2. The lowest BCUT2D eigenvalue weighted by atomic mass is 10.1. The molecule has 1 unspecified atom stereocenters. The van der Waals surface area contributed by atoms with Gasteiger partial charge in [-0.3, -0.25) is 4.79 Å². The van der Waals surface area contributed by atoms with E-state index in [2.05, 4.69) is 10.2 Å². The minimum Gasteiger partial charge on any atom is -0.357 e. The van der Waals surface area contributed by atoms with Gasteiger partial charge in [0.15, 0.2) is 0 Å². The van der Waals surface area contributed by atoms with Crippen molar-refractivity contribution in [1.29, 1.82) is 0 Å². The first-order valence-electron chi connectivity index (χ1n) is 10.5. The number of aromatic nitrogens is 5. The zero-order chi connectivity index (χ0) is 21.8. The van der Waals surface area contributed by atoms with Crippen LogP contribution in [0.25, 0.3) is 10.9 Å². The minimum absolute atomic E-state index is 0.0490. The molecule has 0 aromatic carbocycles. The molecule has 5 rings (SSSR count). The molecule has 3 aromatic heterocycles. The van der Waals surface area contributed by atoms with Crippen molar-refractivity contribution < 1.29 is 13.2 Å². The fourth-order valence-electron chi connectivity index (χ4n) is 4.58. The number of rotatable bonds is 4. The van der Waals surface area contributed by atoms with Gasteiger partial charge in [0.05, 0.1) is 31.2 Å². The van der Waals surface area contributed by atoms with Gasteiger partial charge in [-0.15, -0.1) is 0 Å². The Hall–Kier alpha value is -2.50. The number of hydrogen-bond donors (Lipinski definition) is 0. The van der Waals surface area contributed by atoms with Crippen molar-refractivity contribution in [2.24, 2.45) is 7.05 Å². The molecule has 0 saturated carbocycles. The Morgan fingerprint density at radius 1 is 1.29 bits per heavy atom. The van der Waals surface area contributed by atoms with Crippen LogP contribution in [0.3, 0.4) is 0 Å². The van der Waals surface area contributed by atoms with Gasteiger partial charge in [0.2, 0.25) is 10.0 Å². The predicted octanol–water partition coefficient (Wildman–Crippen LogP) is 0.997. The van der Waals surface area contributed by atoms with Gasteiger partial charge in [0.25, 0.3) is 5.56 Å². The molecule has 3 aromatic rings. The van der Waals surface area contributed by atoms with Gasteiger partial charge in [0.1, 0.15) is 11.7 Å². The molecule has 0 aliphatic carbocycles. The number of sulfonamides is 1. The summed E-state index contributed by atoms with van der Waals surface area (Å²) >= 11 is 0. The standard InChI is InChI=1S/C20H26N6O4S/c1-23-17-13-24(31(2,28)29)8-7-15(17)16-11-21-26(20(27)19(16)23)12-14-6-9-25(22-14)18-5-3-4-10-30-18/h6,9,11,18H,3-5,7-8,10,12-13H2,1-2H3. The number of fused-ring (bicyclic) bond motifs is 3. The Kier molecular flexibility index (Phi) is 4.98. The third kappa shape index (κ3) is 3.60. The Balaban J connectivity index is 1.47. The van der Waals surface area contributed by atoms with Crippen LogP contribution < -0.4 is 5.56 Å². The van der Waals surface area contributed by atoms with Crippen LogP contribution in [-0.4, -0.2) is 56.3 Å². The van der Waals surface area contributed by atoms with Crippen LogP contribution in [0.5, 0.6) is 0 Å². The maximum atomic E-state index is 13.2. The summed E-state index contributed by atoms with van der Waals surface area (Å²) in [5.41, 5.74) is 2.94. The molecule has 10 nitrogen and oxygen atoms in total. The summed E-state index contributed by atoms with van der Waals surface area (Å²) in [5, 5.41) is 9.78. The van der Waals surface area contributed by atoms with E-state index in [0.717, 1.165) is 48.2 Å². The molecule has 0 spiro atoms. The Morgan fingerprint density at radius 2 is 2.13 bits per heavy atom. The van der Waals surface area contributed by atoms with Crippen molar-refractivity contribution in [3.63, 3.8) is 0 Å². The summed E-state index contributed by atoms with van der Waals surface area (Å²) in [7, 11) is -1.48. The molecule has 11 heteroatoms. The number of ether oxygens (including phenoxy) is 1. The Bertz CT molecular complexity index is 1300. The molecule has 166 valence electrons. The fraction of sp³-hybridized carbons (Fsp3) is 0.550. The van der Waals surface area contributed by atoms with Crippen LogP contribution in [-0.2, 0) is 41.3 Å². The van der Waals surface area contributed by atoms with Gasteiger partial charge in [-0.2, -0.15) is 14.5 Å². The molecule has 0 bridgehead atoms. The van der Waals surface area contributed by atoms with Gasteiger partial charge in [0, 0.05) is 37.5 Å². The lowest BCUT2D eigenvalue weighted by molar-refractivity contribution is -0.0397. The maximum absolute atomic E-state index is 13.2. The average molecular weight is 447 g/mol. The molecule has 5 heterocycles. The van der Waals surface area contributed by atoms with E-state index in [-0.39, 0.29) is 24.9 Å². The molecule has 0 N–H and O–H groups in total. The third-order valence-corrected chi connectivity index (χ3v) is 7.51. The zero-order valence-corrected chi connectivity index (χ0v) is 18.5. The van der Waals surface area contributed by atoms with E-state index >= 15 is 0 Å². The van der Waals surface area contributed by atoms with Crippen LogP contribution in [0.15, 0.2) is 23.3 Å². The van der Waals surface area contributed by atoms with Gasteiger partial charge in [-0.1, -0.05) is 0 Å². The highest BCUT2D eigenvalue weighted by molar-refractivity contribution is 7.88. The maximum Gasteiger partial charge on any atom is 0.291 e. The second-order valence-corrected chi connectivity index (χ2v) is 10.3. The Morgan fingerprint density at radius 3 is 2.87 bits per heavy atom. The molecule has 0 radical (unpaired) electrons. The molecule has 2 aliphatic rings. The molecule has 1 saturated heterocycles. The topological polar surface area (TPSA) is 104 Å².